The average Bonchev–Trinajstić information content (AvgIpc) is 2.90. The van der Waals surface area contributed by atoms with Gasteiger partial charge in [-0.2, -0.15) is 16.1 Å². The highest BCUT2D eigenvalue weighted by molar-refractivity contribution is 7.98. The van der Waals surface area contributed by atoms with Gasteiger partial charge in [0.2, 0.25) is 10.0 Å². The van der Waals surface area contributed by atoms with Crippen LogP contribution >= 0.6 is 23.4 Å². The molecule has 4 rings (SSSR count). The highest BCUT2D eigenvalue weighted by atomic mass is 35.5. The number of carbonyl (C=O) groups excluding carboxylic acids is 1. The van der Waals surface area contributed by atoms with E-state index in [1.165, 1.54) is 5.56 Å². The van der Waals surface area contributed by atoms with Gasteiger partial charge in [-0.3, -0.25) is 9.69 Å². The van der Waals surface area contributed by atoms with E-state index >= 15 is 0 Å². The molecule has 3 aromatic rings. The molecule has 0 saturated carbocycles. The third-order valence-electron chi connectivity index (χ3n) is 6.33. The minimum Gasteiger partial charge on any atom is -0.351 e. The number of sulfonamides is 1. The van der Waals surface area contributed by atoms with Gasteiger partial charge in [0.25, 0.3) is 5.91 Å². The summed E-state index contributed by atoms with van der Waals surface area (Å²) in [5.41, 5.74) is 3.99. The van der Waals surface area contributed by atoms with Gasteiger partial charge in [0.15, 0.2) is 0 Å². The van der Waals surface area contributed by atoms with Gasteiger partial charge in [0.1, 0.15) is 0 Å². The zero-order valence-corrected chi connectivity index (χ0v) is 23.3. The first kappa shape index (κ1) is 27.7. The molecule has 0 aromatic heterocycles. The Hall–Kier alpha value is -2.36. The van der Waals surface area contributed by atoms with E-state index in [1.807, 2.05) is 67.6 Å². The lowest BCUT2D eigenvalue weighted by Crippen LogP contribution is -2.48. The predicted molar refractivity (Wildman–Crippen MR) is 152 cm³/mol. The van der Waals surface area contributed by atoms with Crippen molar-refractivity contribution in [3.63, 3.8) is 0 Å². The summed E-state index contributed by atoms with van der Waals surface area (Å²) in [6, 6.07) is 22.5. The van der Waals surface area contributed by atoms with E-state index in [1.54, 1.807) is 28.2 Å². The predicted octanol–water partition coefficient (Wildman–Crippen LogP) is 4.82. The molecular formula is C28H32ClN3O3S2. The molecule has 0 radical (unpaired) electrons. The Morgan fingerprint density at radius 2 is 1.51 bits per heavy atom. The van der Waals surface area contributed by atoms with Gasteiger partial charge in [-0.1, -0.05) is 53.6 Å². The molecule has 6 nitrogen and oxygen atoms in total. The van der Waals surface area contributed by atoms with Crippen LogP contribution in [0.25, 0.3) is 0 Å². The molecule has 1 N–H and O–H groups in total. The van der Waals surface area contributed by atoms with Crippen LogP contribution in [0.3, 0.4) is 0 Å². The van der Waals surface area contributed by atoms with Crippen molar-refractivity contribution in [1.29, 1.82) is 0 Å². The maximum Gasteiger partial charge on any atom is 0.251 e. The maximum absolute atomic E-state index is 12.9. The molecule has 37 heavy (non-hydrogen) atoms. The maximum atomic E-state index is 12.9. The number of amides is 1. The van der Waals surface area contributed by atoms with Crippen LogP contribution < -0.4 is 5.32 Å². The van der Waals surface area contributed by atoms with E-state index in [9.17, 15) is 13.2 Å². The van der Waals surface area contributed by atoms with Gasteiger partial charge < -0.3 is 5.32 Å². The molecule has 0 bridgehead atoms. The highest BCUT2D eigenvalue weighted by Gasteiger charge is 2.28. The second-order valence-electron chi connectivity index (χ2n) is 9.13. The van der Waals surface area contributed by atoms with Gasteiger partial charge >= 0.3 is 0 Å². The Morgan fingerprint density at radius 3 is 2.16 bits per heavy atom. The van der Waals surface area contributed by atoms with Crippen LogP contribution in [-0.2, 0) is 22.3 Å². The number of nitrogens with one attached hydrogen (secondary N) is 1. The van der Waals surface area contributed by atoms with Crippen molar-refractivity contribution in [2.45, 2.75) is 24.1 Å². The first-order valence-corrected chi connectivity index (χ1v) is 15.3. The fourth-order valence-electron chi connectivity index (χ4n) is 4.12. The van der Waals surface area contributed by atoms with E-state index < -0.39 is 10.0 Å². The van der Waals surface area contributed by atoms with Crippen LogP contribution in [-0.4, -0.2) is 62.0 Å². The van der Waals surface area contributed by atoms with Gasteiger partial charge in [-0.05, 0) is 54.4 Å². The van der Waals surface area contributed by atoms with E-state index in [0.717, 1.165) is 34.2 Å². The highest BCUT2D eigenvalue weighted by Crippen LogP contribution is 2.19. The summed E-state index contributed by atoms with van der Waals surface area (Å²) in [6.07, 6.45) is 0. The normalized spacial score (nSPS) is 15.0. The monoisotopic (exact) mass is 557 g/mol. The molecule has 3 aromatic carbocycles. The van der Waals surface area contributed by atoms with Crippen molar-refractivity contribution in [3.8, 4) is 0 Å². The first-order valence-electron chi connectivity index (χ1n) is 12.3. The van der Waals surface area contributed by atoms with Crippen LogP contribution in [0.1, 0.15) is 27.0 Å². The van der Waals surface area contributed by atoms with Crippen LogP contribution in [0.2, 0.25) is 5.02 Å². The second kappa shape index (κ2) is 12.9. The number of rotatable bonds is 10. The van der Waals surface area contributed by atoms with E-state index in [2.05, 4.69) is 10.2 Å². The molecule has 1 amide bonds. The molecule has 1 fully saturated rings. The topological polar surface area (TPSA) is 69.7 Å². The van der Waals surface area contributed by atoms with Gasteiger partial charge in [-0.15, -0.1) is 0 Å². The van der Waals surface area contributed by atoms with Crippen LogP contribution in [0.4, 0.5) is 0 Å². The first-order chi connectivity index (χ1) is 17.8. The number of hydrogen-bond donors (Lipinski definition) is 1. The zero-order chi connectivity index (χ0) is 26.3. The molecule has 1 aliphatic rings. The lowest BCUT2D eigenvalue weighted by atomic mass is 10.1. The number of benzene rings is 3. The number of thioether (sulfide) groups is 1. The van der Waals surface area contributed by atoms with Crippen LogP contribution in [0.5, 0.6) is 0 Å². The summed E-state index contributed by atoms with van der Waals surface area (Å²) >= 11 is 7.68. The second-order valence-corrected chi connectivity index (χ2v) is 12.6. The molecule has 0 atom stereocenters. The van der Waals surface area contributed by atoms with E-state index in [0.29, 0.717) is 43.2 Å². The molecule has 1 aliphatic heterocycles. The fraction of sp³-hybridized carbons (Fsp3) is 0.321. The molecule has 196 valence electrons. The summed E-state index contributed by atoms with van der Waals surface area (Å²) in [5.74, 6) is 1.64. The average molecular weight is 558 g/mol. The van der Waals surface area contributed by atoms with Crippen molar-refractivity contribution in [3.05, 3.63) is 100 Å². The van der Waals surface area contributed by atoms with Crippen molar-refractivity contribution < 1.29 is 13.2 Å². The minimum atomic E-state index is -3.46. The lowest BCUT2D eigenvalue weighted by molar-refractivity contribution is 0.0956. The zero-order valence-electron chi connectivity index (χ0n) is 20.9. The third-order valence-corrected chi connectivity index (χ3v) is 9.52. The Morgan fingerprint density at radius 1 is 0.892 bits per heavy atom. The van der Waals surface area contributed by atoms with Crippen molar-refractivity contribution in [2.75, 3.05) is 38.5 Å². The molecule has 1 heterocycles. The fourth-order valence-corrected chi connectivity index (χ4v) is 6.48. The smallest absolute Gasteiger partial charge is 0.251 e. The van der Waals surface area contributed by atoms with Crippen molar-refractivity contribution in [2.24, 2.45) is 0 Å². The van der Waals surface area contributed by atoms with Gasteiger partial charge in [0, 0.05) is 61.4 Å². The number of halogens is 1. The number of piperazine rings is 1. The van der Waals surface area contributed by atoms with E-state index in [-0.39, 0.29) is 5.91 Å². The summed E-state index contributed by atoms with van der Waals surface area (Å²) < 4.78 is 27.4. The van der Waals surface area contributed by atoms with E-state index in [4.69, 9.17) is 11.6 Å². The number of hydrogen-bond acceptors (Lipinski definition) is 5. The molecule has 1 saturated heterocycles. The number of nitrogens with zero attached hydrogens (tertiary/aromatic N) is 2. The van der Waals surface area contributed by atoms with Crippen LogP contribution in [0, 0.1) is 6.92 Å². The summed E-state index contributed by atoms with van der Waals surface area (Å²) in [6.45, 7) is 5.54. The minimum absolute atomic E-state index is 0.0754. The van der Waals surface area contributed by atoms with Gasteiger partial charge in [0.05, 0.1) is 4.90 Å². The molecule has 0 spiro atoms. The van der Waals surface area contributed by atoms with Crippen LogP contribution in [0.15, 0.2) is 77.7 Å². The van der Waals surface area contributed by atoms with Crippen molar-refractivity contribution in [1.82, 2.24) is 14.5 Å². The molecule has 0 unspecified atom stereocenters. The quantitative estimate of drug-likeness (QED) is 0.362. The summed E-state index contributed by atoms with van der Waals surface area (Å²) in [4.78, 5) is 15.1. The number of aryl methyl sites for hydroxylation is 1. The molecule has 0 aliphatic carbocycles. The van der Waals surface area contributed by atoms with Crippen molar-refractivity contribution >= 4 is 39.3 Å². The number of carbonyl (C=O) groups is 1. The molecule has 9 heteroatoms. The standard InChI is InChI=1S/C28H32ClN3O3S2/c1-22-2-12-27(13-3-22)37(34,35)32-17-15-31(16-18-32)20-23-4-8-25(9-5-23)28(33)30-14-19-36-21-24-6-10-26(29)11-7-24/h2-13H,14-21H2,1H3,(H,30,33). The lowest BCUT2D eigenvalue weighted by Gasteiger charge is -2.34. The Labute approximate surface area is 229 Å². The molecular weight excluding hydrogens is 526 g/mol. The Balaban J connectivity index is 1.18. The largest absolute Gasteiger partial charge is 0.351 e. The SMILES string of the molecule is Cc1ccc(S(=O)(=O)N2CCN(Cc3ccc(C(=O)NCCSCc4ccc(Cl)cc4)cc3)CC2)cc1. The Kier molecular flexibility index (Phi) is 9.67. The summed E-state index contributed by atoms with van der Waals surface area (Å²) in [5, 5.41) is 3.71. The summed E-state index contributed by atoms with van der Waals surface area (Å²) in [7, 11) is -3.46. The third kappa shape index (κ3) is 7.82. The van der Waals surface area contributed by atoms with Gasteiger partial charge in [-0.25, -0.2) is 8.42 Å². The Bertz CT molecular complexity index is 1270.